The molecule has 3 fully saturated rings. The predicted octanol–water partition coefficient (Wildman–Crippen LogP) is 6.67. The van der Waals surface area contributed by atoms with Crippen LogP contribution in [0.1, 0.15) is 94.4 Å². The monoisotopic (exact) mass is 378 g/mol. The van der Waals surface area contributed by atoms with Gasteiger partial charge in [0.2, 0.25) is 0 Å². The molecule has 0 aliphatic heterocycles. The van der Waals surface area contributed by atoms with Crippen molar-refractivity contribution in [2.45, 2.75) is 101 Å². The highest BCUT2D eigenvalue weighted by molar-refractivity contribution is 5.91. The number of ketones is 1. The van der Waals surface area contributed by atoms with Crippen molar-refractivity contribution in [3.63, 3.8) is 0 Å². The Kier molecular flexibility index (Phi) is 8.79. The number of carbonyl (C=O) groups is 1. The number of hydrogen-bond donors (Lipinski definition) is 1. The summed E-state index contributed by atoms with van der Waals surface area (Å²) in [7, 11) is 0. The van der Waals surface area contributed by atoms with E-state index in [1.165, 1.54) is 18.4 Å². The van der Waals surface area contributed by atoms with E-state index < -0.39 is 0 Å². The maximum absolute atomic E-state index is 11.8. The van der Waals surface area contributed by atoms with Gasteiger partial charge in [-0.25, -0.2) is 0 Å². The van der Waals surface area contributed by atoms with Crippen LogP contribution < -0.4 is 0 Å². The molecule has 7 unspecified atom stereocenters. The molecule has 158 valence electrons. The van der Waals surface area contributed by atoms with Gasteiger partial charge in [0.05, 0.1) is 6.10 Å². The molecule has 0 heterocycles. The van der Waals surface area contributed by atoms with Crippen LogP contribution in [-0.2, 0) is 4.79 Å². The number of hydrogen-bond acceptors (Lipinski definition) is 2. The van der Waals surface area contributed by atoms with Gasteiger partial charge in [0.25, 0.3) is 0 Å². The zero-order valence-corrected chi connectivity index (χ0v) is 18.2. The quantitative estimate of drug-likeness (QED) is 0.511. The lowest BCUT2D eigenvalue weighted by atomic mass is 9.47. The third kappa shape index (κ3) is 4.07. The fraction of sp³-hybridized carbons (Fsp3) is 0.880. The van der Waals surface area contributed by atoms with Crippen molar-refractivity contribution in [2.75, 3.05) is 0 Å². The van der Waals surface area contributed by atoms with Crippen molar-refractivity contribution in [2.24, 2.45) is 40.9 Å². The molecule has 1 N–H and O–H groups in total. The number of aliphatic hydroxyl groups excluding tert-OH is 1. The summed E-state index contributed by atoms with van der Waals surface area (Å²) in [6, 6.07) is 0. The number of carbonyl (C=O) groups excluding carboxylic acids is 1. The molecule has 3 saturated carbocycles. The van der Waals surface area contributed by atoms with Crippen molar-refractivity contribution < 1.29 is 9.90 Å². The first-order valence-electron chi connectivity index (χ1n) is 11.3. The van der Waals surface area contributed by atoms with Gasteiger partial charge in [-0.05, 0) is 79.1 Å². The fourth-order valence-corrected chi connectivity index (χ4v) is 7.11. The van der Waals surface area contributed by atoms with Crippen LogP contribution in [0.3, 0.4) is 0 Å². The summed E-state index contributed by atoms with van der Waals surface area (Å²) in [6.45, 7) is 15.2. The van der Waals surface area contributed by atoms with Gasteiger partial charge in [-0.2, -0.15) is 0 Å². The van der Waals surface area contributed by atoms with Crippen molar-refractivity contribution in [1.29, 1.82) is 0 Å². The van der Waals surface area contributed by atoms with Crippen LogP contribution in [0.5, 0.6) is 0 Å². The van der Waals surface area contributed by atoms with Crippen molar-refractivity contribution in [1.82, 2.24) is 0 Å². The van der Waals surface area contributed by atoms with Gasteiger partial charge < -0.3 is 5.11 Å². The first-order chi connectivity index (χ1) is 12.4. The van der Waals surface area contributed by atoms with Crippen LogP contribution >= 0.6 is 0 Å². The molecule has 0 amide bonds. The molecule has 0 radical (unpaired) electrons. The lowest BCUT2D eigenvalue weighted by molar-refractivity contribution is -0.118. The first-order valence-corrected chi connectivity index (χ1v) is 11.3. The Labute approximate surface area is 169 Å². The highest BCUT2D eigenvalue weighted by atomic mass is 16.3. The number of aliphatic hydroxyl groups is 1. The average Bonchev–Trinajstić information content (AvgIpc) is 2.92. The predicted molar refractivity (Wildman–Crippen MR) is 117 cm³/mol. The second-order valence-corrected chi connectivity index (χ2v) is 9.05. The highest BCUT2D eigenvalue weighted by Gasteiger charge is 2.59. The number of allylic oxidation sites excluding steroid dienone is 1. The molecule has 0 aromatic heterocycles. The first kappa shape index (κ1) is 24.4. The second kappa shape index (κ2) is 9.72. The second-order valence-electron chi connectivity index (χ2n) is 9.05. The maximum atomic E-state index is 11.8. The third-order valence-corrected chi connectivity index (χ3v) is 7.89. The fourth-order valence-electron chi connectivity index (χ4n) is 7.11. The van der Waals surface area contributed by atoms with Crippen molar-refractivity contribution in [3.05, 3.63) is 11.6 Å². The Morgan fingerprint density at radius 2 is 1.63 bits per heavy atom. The van der Waals surface area contributed by atoms with Crippen LogP contribution in [0, 0.1) is 40.9 Å². The average molecular weight is 379 g/mol. The van der Waals surface area contributed by atoms with Crippen LogP contribution in [0.2, 0.25) is 0 Å². The van der Waals surface area contributed by atoms with Gasteiger partial charge in [-0.1, -0.05) is 61.5 Å². The summed E-state index contributed by atoms with van der Waals surface area (Å²) in [6.07, 6.45) is 8.22. The normalized spacial score (nSPS) is 44.7. The van der Waals surface area contributed by atoms with E-state index in [0.717, 1.165) is 37.5 Å². The molecule has 4 aliphatic carbocycles. The molecule has 4 aliphatic rings. The largest absolute Gasteiger partial charge is 0.393 e. The number of rotatable bonds is 0. The zero-order chi connectivity index (χ0) is 19.6. The van der Waals surface area contributed by atoms with E-state index in [2.05, 4.69) is 20.8 Å². The molecule has 0 bridgehead atoms. The Morgan fingerprint density at radius 3 is 2.26 bits per heavy atom. The van der Waals surface area contributed by atoms with Crippen molar-refractivity contribution in [3.8, 4) is 0 Å². The minimum Gasteiger partial charge on any atom is -0.393 e. The van der Waals surface area contributed by atoms with Gasteiger partial charge in [0, 0.05) is 6.42 Å². The molecule has 2 nitrogen and oxygen atoms in total. The smallest absolute Gasteiger partial charge is 0.155 e. The van der Waals surface area contributed by atoms with Gasteiger partial charge in [0.15, 0.2) is 5.78 Å². The van der Waals surface area contributed by atoms with Crippen LogP contribution in [0.4, 0.5) is 0 Å². The van der Waals surface area contributed by atoms with E-state index in [0.29, 0.717) is 29.5 Å². The van der Waals surface area contributed by atoms with Gasteiger partial charge in [-0.3, -0.25) is 4.79 Å². The molecule has 0 aromatic rings. The summed E-state index contributed by atoms with van der Waals surface area (Å²) < 4.78 is 0. The molecule has 0 saturated heterocycles. The molecule has 0 aromatic carbocycles. The summed E-state index contributed by atoms with van der Waals surface area (Å²) in [5, 5.41) is 10.6. The molecular formula is C25H46O2. The maximum Gasteiger partial charge on any atom is 0.155 e. The summed E-state index contributed by atoms with van der Waals surface area (Å²) in [5.41, 5.74) is 1.60. The lowest BCUT2D eigenvalue weighted by Crippen LogP contribution is -2.53. The summed E-state index contributed by atoms with van der Waals surface area (Å²) in [5.74, 6) is 4.52. The molecule has 27 heavy (non-hydrogen) atoms. The third-order valence-electron chi connectivity index (χ3n) is 7.89. The summed E-state index contributed by atoms with van der Waals surface area (Å²) >= 11 is 0. The Balaban J connectivity index is 0.000000686. The standard InChI is InChI=1S/C20H30O2.2C2H6.CH4/c1-11-8-13-9-14(21)4-5-15(13)18-12(2)10-20(3)16(19(11)18)6-7-17(20)22;2*1-2;/h9,11-12,15-19,22H,4-8,10H2,1-3H3;2*1-2H3;1H4/t11-,12?,15?,16?,17?,18?,19?,20?;;;/m1.../s1. The van der Waals surface area contributed by atoms with E-state index in [-0.39, 0.29) is 18.9 Å². The van der Waals surface area contributed by atoms with E-state index in [1.807, 2.05) is 33.8 Å². The van der Waals surface area contributed by atoms with Crippen LogP contribution in [-0.4, -0.2) is 17.0 Å². The SMILES string of the molecule is C.CC.CC.CC1CC2(C)C(O)CCC2C2C1C1CCC(=O)C=C1C[C@H]2C. The van der Waals surface area contributed by atoms with Gasteiger partial charge in [0.1, 0.15) is 0 Å². The zero-order valence-electron chi connectivity index (χ0n) is 18.2. The topological polar surface area (TPSA) is 37.3 Å². The molecule has 8 atom stereocenters. The lowest BCUT2D eigenvalue weighted by Gasteiger charge is -2.58. The van der Waals surface area contributed by atoms with E-state index in [4.69, 9.17) is 0 Å². The van der Waals surface area contributed by atoms with E-state index in [1.54, 1.807) is 0 Å². The molecule has 0 spiro atoms. The Hall–Kier alpha value is -0.630. The molecule has 4 rings (SSSR count). The minimum absolute atomic E-state index is 0. The van der Waals surface area contributed by atoms with Gasteiger partial charge >= 0.3 is 0 Å². The van der Waals surface area contributed by atoms with Crippen molar-refractivity contribution >= 4 is 5.78 Å². The molecule has 2 heteroatoms. The number of fused-ring (bicyclic) bond motifs is 5. The van der Waals surface area contributed by atoms with Crippen LogP contribution in [0.15, 0.2) is 11.6 Å². The van der Waals surface area contributed by atoms with E-state index in [9.17, 15) is 9.90 Å². The Morgan fingerprint density at radius 1 is 1.00 bits per heavy atom. The molecular weight excluding hydrogens is 332 g/mol. The van der Waals surface area contributed by atoms with E-state index >= 15 is 0 Å². The van der Waals surface area contributed by atoms with Gasteiger partial charge in [-0.15, -0.1) is 0 Å². The summed E-state index contributed by atoms with van der Waals surface area (Å²) in [4.78, 5) is 11.8. The minimum atomic E-state index is -0.0991. The Bertz CT molecular complexity index is 522. The highest BCUT2D eigenvalue weighted by Crippen LogP contribution is 2.64. The van der Waals surface area contributed by atoms with Crippen LogP contribution in [0.25, 0.3) is 0 Å².